The SMILES string of the molecule is CCCCCCCCCCCCCCCCCCCCC/C=C/C(O)C(CO)NC(=O)CCCCCCCCCCC/C=C\CCCCCCCCCCCCCCOC(=O)CCCCCCCCCCCCCCC. The van der Waals surface area contributed by atoms with Crippen molar-refractivity contribution >= 4 is 11.9 Å². The highest BCUT2D eigenvalue weighted by Crippen LogP contribution is 2.18. The topological polar surface area (TPSA) is 95.9 Å². The lowest BCUT2D eigenvalue weighted by molar-refractivity contribution is -0.143. The lowest BCUT2D eigenvalue weighted by Crippen LogP contribution is -2.45. The number of carbonyl (C=O) groups is 2. The van der Waals surface area contributed by atoms with Crippen LogP contribution in [0.15, 0.2) is 24.3 Å². The maximum atomic E-state index is 12.5. The summed E-state index contributed by atoms with van der Waals surface area (Å²) < 4.78 is 5.48. The summed E-state index contributed by atoms with van der Waals surface area (Å²) in [5.41, 5.74) is 0. The Kier molecular flexibility index (Phi) is 64.4. The minimum atomic E-state index is -0.847. The van der Waals surface area contributed by atoms with Gasteiger partial charge in [0.2, 0.25) is 5.91 Å². The fourth-order valence-corrected chi connectivity index (χ4v) is 10.9. The van der Waals surface area contributed by atoms with E-state index in [1.165, 1.54) is 321 Å². The van der Waals surface area contributed by atoms with Gasteiger partial charge in [-0.25, -0.2) is 0 Å². The van der Waals surface area contributed by atoms with Gasteiger partial charge < -0.3 is 20.3 Å². The van der Waals surface area contributed by atoms with Crippen LogP contribution in [0.25, 0.3) is 0 Å². The van der Waals surface area contributed by atoms with Gasteiger partial charge in [0.1, 0.15) is 0 Å². The molecular weight excluding hydrogens is 935 g/mol. The molecule has 6 heteroatoms. The largest absolute Gasteiger partial charge is 0.466 e. The van der Waals surface area contributed by atoms with Gasteiger partial charge in [-0.15, -0.1) is 0 Å². The highest BCUT2D eigenvalue weighted by atomic mass is 16.5. The Labute approximate surface area is 475 Å². The van der Waals surface area contributed by atoms with Crippen molar-refractivity contribution in [2.75, 3.05) is 13.2 Å². The molecule has 2 atom stereocenters. The van der Waals surface area contributed by atoms with E-state index in [-0.39, 0.29) is 18.5 Å². The monoisotopic (exact) mass is 1070 g/mol. The fourth-order valence-electron chi connectivity index (χ4n) is 10.9. The van der Waals surface area contributed by atoms with Gasteiger partial charge >= 0.3 is 5.97 Å². The molecule has 0 radical (unpaired) electrons. The molecule has 0 heterocycles. The molecule has 1 amide bonds. The van der Waals surface area contributed by atoms with E-state index in [1.807, 2.05) is 6.08 Å². The zero-order chi connectivity index (χ0) is 55.0. The predicted octanol–water partition coefficient (Wildman–Crippen LogP) is 22.1. The molecule has 0 rings (SSSR count). The maximum Gasteiger partial charge on any atom is 0.305 e. The minimum absolute atomic E-state index is 0.0152. The molecule has 450 valence electrons. The molecule has 0 aromatic heterocycles. The van der Waals surface area contributed by atoms with Gasteiger partial charge in [-0.3, -0.25) is 9.59 Å². The number of allylic oxidation sites excluding steroid dienone is 3. The van der Waals surface area contributed by atoms with Crippen LogP contribution >= 0.6 is 0 Å². The summed E-state index contributed by atoms with van der Waals surface area (Å²) in [5.74, 6) is -0.0519. The summed E-state index contributed by atoms with van der Waals surface area (Å²) in [5, 5.41) is 23.2. The quantitative estimate of drug-likeness (QED) is 0.0320. The molecule has 76 heavy (non-hydrogen) atoms. The number of unbranched alkanes of at least 4 members (excludes halogenated alkanes) is 52. The number of nitrogens with one attached hydrogen (secondary N) is 1. The van der Waals surface area contributed by atoms with Crippen molar-refractivity contribution in [3.63, 3.8) is 0 Å². The van der Waals surface area contributed by atoms with Crippen molar-refractivity contribution in [1.82, 2.24) is 5.32 Å². The Hall–Kier alpha value is -1.66. The number of hydrogen-bond acceptors (Lipinski definition) is 5. The average molecular weight is 1070 g/mol. The normalized spacial score (nSPS) is 12.6. The van der Waals surface area contributed by atoms with E-state index in [0.29, 0.717) is 19.4 Å². The third-order valence-corrected chi connectivity index (χ3v) is 16.2. The smallest absolute Gasteiger partial charge is 0.305 e. The minimum Gasteiger partial charge on any atom is -0.466 e. The number of aliphatic hydroxyl groups excluding tert-OH is 2. The molecule has 2 unspecified atom stereocenters. The molecule has 6 nitrogen and oxygen atoms in total. The number of carbonyl (C=O) groups excluding carboxylic acids is 2. The summed E-state index contributed by atoms with van der Waals surface area (Å²) in [6, 6.07) is -0.631. The Balaban J connectivity index is 3.42. The summed E-state index contributed by atoms with van der Waals surface area (Å²) in [6.07, 6.45) is 82.5. The van der Waals surface area contributed by atoms with E-state index in [2.05, 4.69) is 31.3 Å². The van der Waals surface area contributed by atoms with Gasteiger partial charge in [-0.2, -0.15) is 0 Å². The predicted molar refractivity (Wildman–Crippen MR) is 333 cm³/mol. The zero-order valence-electron chi connectivity index (χ0n) is 51.5. The van der Waals surface area contributed by atoms with E-state index in [1.54, 1.807) is 6.08 Å². The Morgan fingerprint density at radius 2 is 0.618 bits per heavy atom. The van der Waals surface area contributed by atoms with E-state index < -0.39 is 12.1 Å². The second-order valence-electron chi connectivity index (χ2n) is 23.9. The van der Waals surface area contributed by atoms with Crippen LogP contribution in [0.3, 0.4) is 0 Å². The first-order chi connectivity index (χ1) is 37.5. The Morgan fingerprint density at radius 1 is 0.355 bits per heavy atom. The van der Waals surface area contributed by atoms with Crippen LogP contribution in [-0.4, -0.2) is 47.4 Å². The second-order valence-corrected chi connectivity index (χ2v) is 23.9. The van der Waals surface area contributed by atoms with Gasteiger partial charge in [0.05, 0.1) is 25.4 Å². The molecular formula is C70H135NO5. The summed E-state index contributed by atoms with van der Waals surface area (Å²) in [4.78, 5) is 24.6. The van der Waals surface area contributed by atoms with Crippen molar-refractivity contribution in [2.45, 2.75) is 398 Å². The maximum absolute atomic E-state index is 12.5. The zero-order valence-corrected chi connectivity index (χ0v) is 51.5. The van der Waals surface area contributed by atoms with Gasteiger partial charge in [0.25, 0.3) is 0 Å². The standard InChI is InChI=1S/C70H135NO5/c1-3-5-7-9-11-13-15-17-18-19-20-26-29-32-35-39-42-46-50-54-58-62-68(73)67(66-72)71-69(74)63-59-55-51-47-43-40-36-33-30-27-24-22-21-23-25-28-31-34-37-41-45-49-53-57-61-65-76-70(75)64-60-56-52-48-44-38-16-14-12-10-8-6-4-2/h22,24,58,62,67-68,72-73H,3-21,23,25-57,59-61,63-66H2,1-2H3,(H,71,74)/b24-22-,62-58+. The van der Waals surface area contributed by atoms with Crippen LogP contribution < -0.4 is 5.32 Å². The van der Waals surface area contributed by atoms with Crippen LogP contribution in [0.5, 0.6) is 0 Å². The van der Waals surface area contributed by atoms with Gasteiger partial charge in [0, 0.05) is 12.8 Å². The van der Waals surface area contributed by atoms with Crippen molar-refractivity contribution in [2.24, 2.45) is 0 Å². The van der Waals surface area contributed by atoms with Crippen molar-refractivity contribution in [3.8, 4) is 0 Å². The van der Waals surface area contributed by atoms with E-state index in [0.717, 1.165) is 38.5 Å². The third kappa shape index (κ3) is 61.6. The van der Waals surface area contributed by atoms with Crippen molar-refractivity contribution < 1.29 is 24.5 Å². The Bertz CT molecular complexity index is 1190. The molecule has 0 bridgehead atoms. The molecule has 0 saturated heterocycles. The number of aliphatic hydroxyl groups is 2. The first kappa shape index (κ1) is 74.3. The fraction of sp³-hybridized carbons (Fsp3) is 0.914. The number of esters is 1. The first-order valence-electron chi connectivity index (χ1n) is 34.6. The summed E-state index contributed by atoms with van der Waals surface area (Å²) in [7, 11) is 0. The van der Waals surface area contributed by atoms with E-state index in [4.69, 9.17) is 4.74 Å². The lowest BCUT2D eigenvalue weighted by Gasteiger charge is -2.20. The third-order valence-electron chi connectivity index (χ3n) is 16.2. The van der Waals surface area contributed by atoms with Crippen molar-refractivity contribution in [1.29, 1.82) is 0 Å². The molecule has 0 aliphatic rings. The molecule has 0 aliphatic heterocycles. The number of amides is 1. The van der Waals surface area contributed by atoms with Crippen LogP contribution in [-0.2, 0) is 14.3 Å². The first-order valence-corrected chi connectivity index (χ1v) is 34.6. The molecule has 0 spiro atoms. The van der Waals surface area contributed by atoms with E-state index >= 15 is 0 Å². The van der Waals surface area contributed by atoms with Crippen molar-refractivity contribution in [3.05, 3.63) is 24.3 Å². The summed E-state index contributed by atoms with van der Waals surface area (Å²) in [6.45, 7) is 4.94. The second kappa shape index (κ2) is 65.9. The van der Waals surface area contributed by atoms with Gasteiger partial charge in [0.15, 0.2) is 0 Å². The van der Waals surface area contributed by atoms with Crippen LogP contribution in [0.2, 0.25) is 0 Å². The summed E-state index contributed by atoms with van der Waals surface area (Å²) >= 11 is 0. The van der Waals surface area contributed by atoms with Crippen LogP contribution in [0.1, 0.15) is 386 Å². The van der Waals surface area contributed by atoms with Crippen LogP contribution in [0, 0.1) is 0 Å². The highest BCUT2D eigenvalue weighted by Gasteiger charge is 2.18. The molecule has 0 aliphatic carbocycles. The van der Waals surface area contributed by atoms with Crippen LogP contribution in [0.4, 0.5) is 0 Å². The highest BCUT2D eigenvalue weighted by molar-refractivity contribution is 5.76. The average Bonchev–Trinajstić information content (AvgIpc) is 3.42. The molecule has 0 fully saturated rings. The van der Waals surface area contributed by atoms with Gasteiger partial charge in [-0.1, -0.05) is 340 Å². The molecule has 0 aromatic carbocycles. The molecule has 3 N–H and O–H groups in total. The molecule has 0 aromatic rings. The van der Waals surface area contributed by atoms with Gasteiger partial charge in [-0.05, 0) is 57.8 Å². The number of rotatable bonds is 65. The Morgan fingerprint density at radius 3 is 0.934 bits per heavy atom. The number of hydrogen-bond donors (Lipinski definition) is 3. The van der Waals surface area contributed by atoms with E-state index in [9.17, 15) is 19.8 Å². The molecule has 0 saturated carbocycles. The lowest BCUT2D eigenvalue weighted by atomic mass is 10.0. The number of ether oxygens (including phenoxy) is 1.